The van der Waals surface area contributed by atoms with E-state index < -0.39 is 27.5 Å². The summed E-state index contributed by atoms with van der Waals surface area (Å²) in [6, 6.07) is 60.3. The van der Waals surface area contributed by atoms with E-state index in [4.69, 9.17) is 21.2 Å². The first-order valence-corrected chi connectivity index (χ1v) is 45.7. The van der Waals surface area contributed by atoms with Crippen molar-refractivity contribution >= 4 is 68.5 Å². The molecule has 674 valence electrons. The van der Waals surface area contributed by atoms with E-state index in [0.29, 0.717) is 76.0 Å². The molecule has 8 aromatic rings. The Morgan fingerprint density at radius 2 is 1.25 bits per heavy atom. The van der Waals surface area contributed by atoms with Crippen molar-refractivity contribution in [1.82, 2.24) is 0 Å². The van der Waals surface area contributed by atoms with Crippen LogP contribution in [0.1, 0.15) is 238 Å². The van der Waals surface area contributed by atoms with E-state index in [9.17, 15) is 56.0 Å². The van der Waals surface area contributed by atoms with Gasteiger partial charge >= 0.3 is 12.1 Å². The van der Waals surface area contributed by atoms with E-state index in [-0.39, 0.29) is 70.1 Å². The molecule has 1 saturated heterocycles. The van der Waals surface area contributed by atoms with Crippen LogP contribution in [0.25, 0.3) is 0 Å². The number of Topliss-reactive ketones (excluding diaryl/α,β-unsaturated/α-hetero) is 3. The van der Waals surface area contributed by atoms with Crippen LogP contribution in [0.2, 0.25) is 0 Å². The zero-order valence-electron chi connectivity index (χ0n) is 76.6. The number of para-hydroxylation sites is 5. The number of nitrogens with one attached hydrogen (secondary N) is 2. The number of anilines is 2. The second-order valence-electron chi connectivity index (χ2n) is 34.9. The Balaban J connectivity index is 0.000000263. The number of benzene rings is 8. The number of carbonyl (C=O) groups is 5. The molecule has 0 radical (unpaired) electrons. The first-order chi connectivity index (χ1) is 59.2. The molecule has 125 heavy (non-hydrogen) atoms. The van der Waals surface area contributed by atoms with E-state index >= 15 is 0 Å². The summed E-state index contributed by atoms with van der Waals surface area (Å²) in [5.74, 6) is 6.90. The van der Waals surface area contributed by atoms with Crippen molar-refractivity contribution in [3.05, 3.63) is 249 Å². The molecule has 2 unspecified atom stereocenters. The number of ketones is 3. The number of quaternary nitrogens is 1. The number of alkyl halides is 3. The summed E-state index contributed by atoms with van der Waals surface area (Å²) in [4.78, 5) is 61.6. The number of hydroxylamine groups is 1. The Morgan fingerprint density at radius 1 is 0.664 bits per heavy atom. The van der Waals surface area contributed by atoms with E-state index in [0.717, 1.165) is 127 Å². The Bertz CT molecular complexity index is 4930. The number of esters is 1. The van der Waals surface area contributed by atoms with Crippen LogP contribution in [0, 0.1) is 76.9 Å². The molecule has 2 fully saturated rings. The molecular formula is C104H136F3N5O12S+2. The number of sulfone groups is 1. The van der Waals surface area contributed by atoms with E-state index in [1.54, 1.807) is 74.5 Å². The van der Waals surface area contributed by atoms with Gasteiger partial charge in [-0.3, -0.25) is 24.4 Å². The van der Waals surface area contributed by atoms with Crippen LogP contribution >= 0.6 is 0 Å². The van der Waals surface area contributed by atoms with E-state index in [1.807, 2.05) is 151 Å². The SMILES string of the molecule is C#Cc1ccc(C(C)C)cc1C(F)(F)F.C=[N+](O)c1ccccc1CC(=O)C(C)C.CC(C)C(=O)C1CCN(c2ccccc2[NH+](C)O)CC1.CC(C)C1CCCc2ccccc21.CC(C)Cc1cccc(NC(=O)c2ccccc2OCCOc2ccccc2)c1.CC1CCC(CS(=O)(=O)CC(=O)C(C)C)CC1.COC(=O)c1cccc(CC(C)C)c1C#N. The highest BCUT2D eigenvalue weighted by Gasteiger charge is 2.34. The smallest absolute Gasteiger partial charge is 0.417 e. The van der Waals surface area contributed by atoms with E-state index in [1.165, 1.54) is 38.0 Å². The molecule has 2 aliphatic carbocycles. The number of aryl methyl sites for hydroxylation is 1. The third kappa shape index (κ3) is 36.0. The Labute approximate surface area is 743 Å². The fourth-order valence-electron chi connectivity index (χ4n) is 15.0. The number of ether oxygens (including phenoxy) is 3. The van der Waals surface area contributed by atoms with Gasteiger partial charge in [0.1, 0.15) is 66.6 Å². The maximum atomic E-state index is 12.8. The summed E-state index contributed by atoms with van der Waals surface area (Å²) in [6.45, 7) is 36.2. The van der Waals surface area contributed by atoms with Crippen molar-refractivity contribution in [3.8, 4) is 29.9 Å². The number of piperidine rings is 1. The van der Waals surface area contributed by atoms with Gasteiger partial charge in [0.15, 0.2) is 22.2 Å². The van der Waals surface area contributed by atoms with Gasteiger partial charge in [-0.25, -0.2) is 18.4 Å². The second-order valence-corrected chi connectivity index (χ2v) is 37.0. The molecule has 0 spiro atoms. The lowest BCUT2D eigenvalue weighted by molar-refractivity contribution is -1.02. The quantitative estimate of drug-likeness (QED) is 0.00713. The van der Waals surface area contributed by atoms with Crippen molar-refractivity contribution in [3.63, 3.8) is 0 Å². The summed E-state index contributed by atoms with van der Waals surface area (Å²) in [5, 5.41) is 31.5. The zero-order chi connectivity index (χ0) is 92.7. The molecule has 8 aromatic carbocycles. The number of methoxy groups -OCH3 is 1. The van der Waals surface area contributed by atoms with Crippen LogP contribution in [0.15, 0.2) is 188 Å². The van der Waals surface area contributed by atoms with Gasteiger partial charge in [0, 0.05) is 76.9 Å². The summed E-state index contributed by atoms with van der Waals surface area (Å²) < 4.78 is 78.4. The van der Waals surface area contributed by atoms with Crippen LogP contribution in [0.5, 0.6) is 11.5 Å². The van der Waals surface area contributed by atoms with Crippen molar-refractivity contribution in [1.29, 1.82) is 5.26 Å². The molecule has 1 heterocycles. The Hall–Kier alpha value is -10.7. The number of hydrogen-bond donors (Lipinski definition) is 4. The predicted molar refractivity (Wildman–Crippen MR) is 496 cm³/mol. The highest BCUT2D eigenvalue weighted by atomic mass is 32.2. The topological polar surface area (TPSA) is 234 Å². The molecule has 11 rings (SSSR count). The van der Waals surface area contributed by atoms with Crippen LogP contribution in [0.4, 0.5) is 35.9 Å². The number of amides is 1. The predicted octanol–water partition coefficient (Wildman–Crippen LogP) is 22.0. The zero-order valence-corrected chi connectivity index (χ0v) is 77.4. The lowest BCUT2D eigenvalue weighted by atomic mass is 9.77. The molecule has 1 aliphatic heterocycles. The summed E-state index contributed by atoms with van der Waals surface area (Å²) in [5.41, 5.74) is 10.5. The maximum absolute atomic E-state index is 12.8. The van der Waals surface area contributed by atoms with Crippen LogP contribution in [-0.2, 0) is 60.8 Å². The lowest BCUT2D eigenvalue weighted by Crippen LogP contribution is -3.01. The van der Waals surface area contributed by atoms with Gasteiger partial charge in [-0.2, -0.15) is 23.5 Å². The largest absolute Gasteiger partial charge is 0.490 e. The molecule has 0 bridgehead atoms. The lowest BCUT2D eigenvalue weighted by Gasteiger charge is -2.34. The molecule has 3 aliphatic rings. The minimum atomic E-state index is -4.38. The molecule has 21 heteroatoms. The van der Waals surface area contributed by atoms with Gasteiger partial charge < -0.3 is 24.4 Å². The summed E-state index contributed by atoms with van der Waals surface area (Å²) in [6.07, 6.45) is 12.9. The second kappa shape index (κ2) is 52.9. The number of carbonyl (C=O) groups excluding carboxylic acids is 5. The van der Waals surface area contributed by atoms with Gasteiger partial charge in [-0.05, 0) is 188 Å². The van der Waals surface area contributed by atoms with Crippen molar-refractivity contribution in [2.75, 3.05) is 62.2 Å². The van der Waals surface area contributed by atoms with Crippen LogP contribution in [-0.4, -0.2) is 111 Å². The molecule has 1 amide bonds. The highest BCUT2D eigenvalue weighted by molar-refractivity contribution is 7.92. The van der Waals surface area contributed by atoms with Crippen LogP contribution < -0.4 is 24.8 Å². The normalized spacial score (nSPS) is 15.1. The van der Waals surface area contributed by atoms with Crippen LogP contribution in [0.3, 0.4) is 0 Å². The number of hydrogen-bond acceptors (Lipinski definition) is 14. The molecule has 0 aromatic heterocycles. The molecule has 1 saturated carbocycles. The number of nitrogens with zero attached hydrogens (tertiary/aromatic N) is 3. The number of fused-ring (bicyclic) bond motifs is 1. The molecule has 4 N–H and O–H groups in total. The molecule has 17 nitrogen and oxygen atoms in total. The minimum Gasteiger partial charge on any atom is -0.490 e. The average molecular weight is 1740 g/mol. The van der Waals surface area contributed by atoms with Crippen molar-refractivity contribution in [2.45, 2.75) is 199 Å². The maximum Gasteiger partial charge on any atom is 0.417 e. The first-order valence-electron chi connectivity index (χ1n) is 43.9. The average Bonchev–Trinajstić information content (AvgIpc) is 0.825. The van der Waals surface area contributed by atoms with Gasteiger partial charge in [0.25, 0.3) is 11.6 Å². The third-order valence-electron chi connectivity index (χ3n) is 22.0. The first kappa shape index (κ1) is 105. The number of halogens is 3. The number of terminal acetylenes is 1. The van der Waals surface area contributed by atoms with Crippen molar-refractivity contribution < 1.29 is 80.0 Å². The molecular weight excluding hydrogens is 1600 g/mol. The van der Waals surface area contributed by atoms with Crippen molar-refractivity contribution in [2.24, 2.45) is 53.3 Å². The minimum absolute atomic E-state index is 0.00927. The number of nitriles is 1. The third-order valence-corrected chi connectivity index (χ3v) is 23.7. The fraction of sp³-hybridized carbons (Fsp3) is 0.452. The Kier molecular flexibility index (Phi) is 44.4. The molecule has 2 atom stereocenters. The fourth-order valence-corrected chi connectivity index (χ4v) is 16.9. The Morgan fingerprint density at radius 3 is 1.84 bits per heavy atom. The standard InChI is InChI=1S/C25H27NO3.C16H24N2O2.C13H15NO2.C13H24O3S.C13H18.C12H11F3.C12H16NO2/c1-19(2)17-20-9-8-10-21(18-20)26-25(27)23-13-6-7-14-24(23)29-16-15-28-22-11-4-3-5-12-22;1-12(2)16(19)13-8-10-18(11-9-13)15-7-5-4-6-14(15)17(3)20;1-9(2)7-10-5-4-6-11(12(10)8-14)13(15)16-3;1-10(2)13(14)9-17(15,16)8-12-6-4-11(3)5-7-12;1-10(2)12-9-5-7-11-6-3-4-8-13(11)12;1-4-9-5-6-10(8(2)3)7-11(9)12(13,14)15;1-9(2)12(14)8-10-6-4-5-7-11(10)13(3)15/h3-14,18-19H,15-17H2,1-2H3,(H,26,27);4-7,12-13,20H,8-11H2,1-3H3;4-6,9H,7H2,1-3H3;10-12H,4-9H2,1-3H3;3-4,6,8,10,12H,5,7,9H2,1-2H3;1,5-8H,2-3H3;4-7,9,15H,3,8H2,1-2H3/q;;;;;;+1/p+1. The summed E-state index contributed by atoms with van der Waals surface area (Å²) >= 11 is 0. The summed E-state index contributed by atoms with van der Waals surface area (Å²) in [7, 11) is -0.158. The van der Waals surface area contributed by atoms with Gasteiger partial charge in [0.2, 0.25) is 0 Å². The van der Waals surface area contributed by atoms with Gasteiger partial charge in [-0.15, -0.1) is 6.42 Å². The van der Waals surface area contributed by atoms with E-state index in [2.05, 4.69) is 107 Å². The van der Waals surface area contributed by atoms with Gasteiger partial charge in [-0.1, -0.05) is 238 Å². The monoisotopic (exact) mass is 1740 g/mol. The van der Waals surface area contributed by atoms with Gasteiger partial charge in [0.05, 0.1) is 35.1 Å². The highest BCUT2D eigenvalue weighted by Crippen LogP contribution is 2.38. The number of rotatable bonds is 27.